The van der Waals surface area contributed by atoms with Crippen LogP contribution in [0, 0.1) is 0 Å². The first-order valence-corrected chi connectivity index (χ1v) is 23.2. The monoisotopic (exact) mass is 865 g/mol. The highest BCUT2D eigenvalue weighted by atomic mass is 16.3. The van der Waals surface area contributed by atoms with E-state index in [1.54, 1.807) is 0 Å². The lowest BCUT2D eigenvalue weighted by Crippen LogP contribution is -2.29. The van der Waals surface area contributed by atoms with Gasteiger partial charge in [0.25, 0.3) is 0 Å². The number of para-hydroxylation sites is 1. The molecule has 0 amide bonds. The predicted octanol–water partition coefficient (Wildman–Crippen LogP) is 16.1. The molecule has 0 atom stereocenters. The minimum absolute atomic E-state index is 0.584. The lowest BCUT2D eigenvalue weighted by molar-refractivity contribution is 0.669. The Morgan fingerprint density at radius 2 is 0.662 bits per heavy atom. The van der Waals surface area contributed by atoms with Crippen molar-refractivity contribution in [2.75, 3.05) is 0 Å². The van der Waals surface area contributed by atoms with Crippen LogP contribution in [0.25, 0.3) is 112 Å². The summed E-state index contributed by atoms with van der Waals surface area (Å²) in [5.41, 5.74) is 20.4. The zero-order valence-corrected chi connectivity index (χ0v) is 36.8. The zero-order valence-electron chi connectivity index (χ0n) is 36.8. The molecule has 0 aliphatic heterocycles. The van der Waals surface area contributed by atoms with Crippen molar-refractivity contribution in [1.82, 2.24) is 15.0 Å². The highest BCUT2D eigenvalue weighted by Gasteiger charge is 2.49. The number of hydrogen-bond donors (Lipinski definition) is 0. The van der Waals surface area contributed by atoms with Crippen molar-refractivity contribution in [3.8, 4) is 89.8 Å². The zero-order chi connectivity index (χ0) is 44.8. The van der Waals surface area contributed by atoms with Crippen molar-refractivity contribution in [2.45, 2.75) is 5.41 Å². The molecular formula is C64H39N3O. The topological polar surface area (TPSA) is 51.8 Å². The number of aromatic nitrogens is 3. The Balaban J connectivity index is 1.06. The van der Waals surface area contributed by atoms with Crippen LogP contribution in [0.15, 0.2) is 241 Å². The maximum Gasteiger partial charge on any atom is 0.164 e. The average Bonchev–Trinajstić information content (AvgIpc) is 3.91. The van der Waals surface area contributed by atoms with Crippen LogP contribution in [0.2, 0.25) is 0 Å². The van der Waals surface area contributed by atoms with Gasteiger partial charge in [-0.1, -0.05) is 188 Å². The molecule has 2 heterocycles. The molecule has 12 aromatic rings. The van der Waals surface area contributed by atoms with E-state index in [1.165, 1.54) is 55.6 Å². The number of benzene rings is 10. The second-order valence-electron chi connectivity index (χ2n) is 17.8. The van der Waals surface area contributed by atoms with Crippen LogP contribution in [-0.4, -0.2) is 15.0 Å². The molecule has 14 rings (SSSR count). The van der Waals surface area contributed by atoms with Crippen molar-refractivity contribution < 1.29 is 4.42 Å². The minimum Gasteiger partial charge on any atom is -0.456 e. The Labute approximate surface area is 393 Å². The predicted molar refractivity (Wildman–Crippen MR) is 276 cm³/mol. The lowest BCUT2D eigenvalue weighted by Gasteiger charge is -2.35. The average molecular weight is 866 g/mol. The van der Waals surface area contributed by atoms with E-state index < -0.39 is 5.41 Å². The summed E-state index contributed by atoms with van der Waals surface area (Å²) in [6.07, 6.45) is 0. The molecule has 10 aromatic carbocycles. The summed E-state index contributed by atoms with van der Waals surface area (Å²) in [5.74, 6) is 1.77. The third-order valence-corrected chi connectivity index (χ3v) is 14.1. The molecule has 1 spiro atoms. The van der Waals surface area contributed by atoms with Crippen LogP contribution in [0.1, 0.15) is 22.3 Å². The summed E-state index contributed by atoms with van der Waals surface area (Å²) in [5, 5.41) is 2.07. The molecule has 0 radical (unpaired) electrons. The molecule has 2 aliphatic rings. The Morgan fingerprint density at radius 3 is 1.25 bits per heavy atom. The van der Waals surface area contributed by atoms with E-state index >= 15 is 0 Å². The summed E-state index contributed by atoms with van der Waals surface area (Å²) in [7, 11) is 0. The number of furan rings is 1. The second-order valence-corrected chi connectivity index (χ2v) is 17.8. The summed E-state index contributed by atoms with van der Waals surface area (Å²) < 4.78 is 6.30. The fraction of sp³-hybridized carbons (Fsp3) is 0.0156. The summed E-state index contributed by atoms with van der Waals surface area (Å²) >= 11 is 0. The molecule has 2 aromatic heterocycles. The first-order chi connectivity index (χ1) is 33.7. The van der Waals surface area contributed by atoms with Gasteiger partial charge in [-0.25, -0.2) is 15.0 Å². The van der Waals surface area contributed by atoms with Crippen molar-refractivity contribution in [2.24, 2.45) is 0 Å². The Morgan fingerprint density at radius 1 is 0.250 bits per heavy atom. The van der Waals surface area contributed by atoms with Gasteiger partial charge in [0.2, 0.25) is 0 Å². The normalized spacial score (nSPS) is 12.8. The Hall–Kier alpha value is -8.99. The number of rotatable bonds is 5. The smallest absolute Gasteiger partial charge is 0.164 e. The first kappa shape index (κ1) is 38.3. The number of nitrogens with zero attached hydrogens (tertiary/aromatic N) is 3. The van der Waals surface area contributed by atoms with Crippen LogP contribution in [0.5, 0.6) is 0 Å². The van der Waals surface area contributed by atoms with E-state index in [9.17, 15) is 0 Å². The highest BCUT2D eigenvalue weighted by molar-refractivity contribution is 6.06. The van der Waals surface area contributed by atoms with Crippen LogP contribution in [0.3, 0.4) is 0 Å². The van der Waals surface area contributed by atoms with E-state index in [2.05, 4.69) is 218 Å². The largest absolute Gasteiger partial charge is 0.456 e. The first-order valence-electron chi connectivity index (χ1n) is 23.2. The molecule has 316 valence electrons. The van der Waals surface area contributed by atoms with Gasteiger partial charge in [-0.15, -0.1) is 0 Å². The highest BCUT2D eigenvalue weighted by Crippen LogP contribution is 2.61. The Bertz CT molecular complexity index is 3880. The maximum absolute atomic E-state index is 6.30. The number of hydrogen-bond acceptors (Lipinski definition) is 4. The molecule has 2 aliphatic carbocycles. The molecule has 68 heavy (non-hydrogen) atoms. The standard InChI is InChI=1S/C64H39N3O/c1-3-17-40(18-4-1)44-35-45(41-19-5-2-6-20-41)37-46(36-44)63-66-61(42-32-34-60-54(38-42)53-26-12-16-30-59(53)68-60)65-62(67-63)43-31-33-52-48-22-8-7-21-47(48)49-23-9-13-27-55(49)64(58(52)39-43)56-28-14-10-24-50(56)51-25-11-15-29-57(51)64/h1-39H. The van der Waals surface area contributed by atoms with Crippen molar-refractivity contribution in [3.05, 3.63) is 259 Å². The quantitative estimate of drug-likeness (QED) is 0.173. The SMILES string of the molecule is c1ccc(-c2cc(-c3ccccc3)cc(-c3nc(-c4ccc5c(c4)C4(c6ccccc6-c6ccccc6-5)c5ccccc5-c5ccccc54)nc(-c4ccc5oc6ccccc6c5c4)n3)c2)cc1. The summed E-state index contributed by atoms with van der Waals surface area (Å²) in [6.45, 7) is 0. The fourth-order valence-electron chi connectivity index (χ4n) is 11.2. The van der Waals surface area contributed by atoms with Crippen molar-refractivity contribution in [3.63, 3.8) is 0 Å². The van der Waals surface area contributed by atoms with E-state index in [0.29, 0.717) is 17.5 Å². The number of fused-ring (bicyclic) bond motifs is 15. The van der Waals surface area contributed by atoms with E-state index in [4.69, 9.17) is 19.4 Å². The van der Waals surface area contributed by atoms with Gasteiger partial charge in [0.05, 0.1) is 5.41 Å². The van der Waals surface area contributed by atoms with Gasteiger partial charge in [0, 0.05) is 27.5 Å². The Kier molecular flexibility index (Phi) is 8.46. The van der Waals surface area contributed by atoms with E-state index in [-0.39, 0.29) is 0 Å². The molecule has 0 fully saturated rings. The molecule has 0 saturated carbocycles. The third-order valence-electron chi connectivity index (χ3n) is 14.1. The van der Waals surface area contributed by atoms with Gasteiger partial charge in [-0.3, -0.25) is 0 Å². The lowest BCUT2D eigenvalue weighted by atomic mass is 9.65. The van der Waals surface area contributed by atoms with Crippen molar-refractivity contribution in [1.29, 1.82) is 0 Å². The van der Waals surface area contributed by atoms with Gasteiger partial charge in [0.15, 0.2) is 17.5 Å². The summed E-state index contributed by atoms with van der Waals surface area (Å²) in [6, 6.07) is 84.9. The third kappa shape index (κ3) is 5.77. The maximum atomic E-state index is 6.30. The molecular weight excluding hydrogens is 827 g/mol. The minimum atomic E-state index is -0.644. The molecule has 4 nitrogen and oxygen atoms in total. The van der Waals surface area contributed by atoms with Crippen LogP contribution >= 0.6 is 0 Å². The van der Waals surface area contributed by atoms with E-state index in [1.807, 2.05) is 18.2 Å². The van der Waals surface area contributed by atoms with Gasteiger partial charge < -0.3 is 4.42 Å². The molecule has 4 heteroatoms. The summed E-state index contributed by atoms with van der Waals surface area (Å²) in [4.78, 5) is 16.3. The van der Waals surface area contributed by atoms with Gasteiger partial charge in [0.1, 0.15) is 11.2 Å². The van der Waals surface area contributed by atoms with Gasteiger partial charge in [-0.05, 0) is 126 Å². The van der Waals surface area contributed by atoms with Crippen molar-refractivity contribution >= 4 is 21.9 Å². The van der Waals surface area contributed by atoms with Gasteiger partial charge >= 0.3 is 0 Å². The van der Waals surface area contributed by atoms with Gasteiger partial charge in [-0.2, -0.15) is 0 Å². The molecule has 0 bridgehead atoms. The van der Waals surface area contributed by atoms with Crippen LogP contribution in [-0.2, 0) is 5.41 Å². The molecule has 0 N–H and O–H groups in total. The molecule has 0 unspecified atom stereocenters. The molecule has 0 saturated heterocycles. The van der Waals surface area contributed by atoms with Crippen LogP contribution in [0.4, 0.5) is 0 Å². The fourth-order valence-corrected chi connectivity index (χ4v) is 11.2. The second kappa shape index (κ2) is 15.0. The van der Waals surface area contributed by atoms with Crippen LogP contribution < -0.4 is 0 Å². The van der Waals surface area contributed by atoms with E-state index in [0.717, 1.165) is 60.9 Å².